The Labute approximate surface area is 128 Å². The van der Waals surface area contributed by atoms with Gasteiger partial charge in [-0.25, -0.2) is 0 Å². The van der Waals surface area contributed by atoms with Gasteiger partial charge >= 0.3 is 0 Å². The summed E-state index contributed by atoms with van der Waals surface area (Å²) in [6.07, 6.45) is 0. The molecule has 0 aromatic heterocycles. The van der Waals surface area contributed by atoms with Gasteiger partial charge in [0.05, 0.1) is 0 Å². The molecule has 0 saturated heterocycles. The minimum Gasteiger partial charge on any atom is -0.351 e. The molecule has 0 spiro atoms. The standard InChI is InChI=1S/C17H18BrNO/c1-12-8-15(10-16(18)9-12)17(20)19-11-13(2)14-6-4-3-5-7-14/h3-10,13H,11H2,1-2H3,(H,19,20). The Balaban J connectivity index is 1.98. The van der Waals surface area contributed by atoms with E-state index in [0.29, 0.717) is 18.0 Å². The molecule has 0 fully saturated rings. The van der Waals surface area contributed by atoms with Crippen LogP contribution in [0.5, 0.6) is 0 Å². The van der Waals surface area contributed by atoms with Gasteiger partial charge in [0.25, 0.3) is 5.91 Å². The van der Waals surface area contributed by atoms with Crippen LogP contribution >= 0.6 is 15.9 Å². The number of hydrogen-bond acceptors (Lipinski definition) is 1. The zero-order valence-corrected chi connectivity index (χ0v) is 13.3. The highest BCUT2D eigenvalue weighted by Crippen LogP contribution is 2.16. The number of benzene rings is 2. The highest BCUT2D eigenvalue weighted by molar-refractivity contribution is 9.10. The molecule has 0 aliphatic heterocycles. The number of hydrogen-bond donors (Lipinski definition) is 1. The maximum Gasteiger partial charge on any atom is 0.251 e. The third kappa shape index (κ3) is 3.94. The molecule has 1 N–H and O–H groups in total. The first kappa shape index (κ1) is 14.8. The van der Waals surface area contributed by atoms with E-state index >= 15 is 0 Å². The summed E-state index contributed by atoms with van der Waals surface area (Å²) in [5, 5.41) is 2.99. The fraction of sp³-hybridized carbons (Fsp3) is 0.235. The summed E-state index contributed by atoms with van der Waals surface area (Å²) in [4.78, 5) is 12.2. The molecule has 0 saturated carbocycles. The second kappa shape index (κ2) is 6.71. The van der Waals surface area contributed by atoms with Crippen molar-refractivity contribution in [3.8, 4) is 0 Å². The smallest absolute Gasteiger partial charge is 0.251 e. The molecule has 104 valence electrons. The number of carbonyl (C=O) groups excluding carboxylic acids is 1. The number of carbonyl (C=O) groups is 1. The highest BCUT2D eigenvalue weighted by atomic mass is 79.9. The molecule has 0 aliphatic rings. The van der Waals surface area contributed by atoms with Gasteiger partial charge in [0, 0.05) is 16.6 Å². The normalized spacial score (nSPS) is 11.9. The molecule has 1 atom stereocenters. The maximum absolute atomic E-state index is 12.2. The number of aryl methyl sites for hydroxylation is 1. The zero-order chi connectivity index (χ0) is 14.5. The minimum absolute atomic E-state index is 0.0304. The van der Waals surface area contributed by atoms with Crippen molar-refractivity contribution in [1.82, 2.24) is 5.32 Å². The van der Waals surface area contributed by atoms with Crippen LogP contribution in [0.1, 0.15) is 34.3 Å². The third-order valence-corrected chi connectivity index (χ3v) is 3.70. The van der Waals surface area contributed by atoms with Gasteiger partial charge in [-0.1, -0.05) is 53.2 Å². The fourth-order valence-electron chi connectivity index (χ4n) is 2.11. The van der Waals surface area contributed by atoms with Crippen molar-refractivity contribution in [2.45, 2.75) is 19.8 Å². The van der Waals surface area contributed by atoms with Gasteiger partial charge in [-0.2, -0.15) is 0 Å². The van der Waals surface area contributed by atoms with E-state index in [2.05, 4.69) is 40.3 Å². The average molecular weight is 332 g/mol. The summed E-state index contributed by atoms with van der Waals surface area (Å²) in [5.41, 5.74) is 3.00. The monoisotopic (exact) mass is 331 g/mol. The molecule has 0 heterocycles. The predicted molar refractivity (Wildman–Crippen MR) is 86.1 cm³/mol. The number of halogens is 1. The molecule has 3 heteroatoms. The molecule has 0 bridgehead atoms. The molecule has 2 aromatic carbocycles. The average Bonchev–Trinajstić information content (AvgIpc) is 2.44. The molecule has 0 radical (unpaired) electrons. The van der Waals surface area contributed by atoms with Crippen molar-refractivity contribution in [1.29, 1.82) is 0 Å². The summed E-state index contributed by atoms with van der Waals surface area (Å²) < 4.78 is 0.929. The Morgan fingerprint density at radius 3 is 2.55 bits per heavy atom. The molecule has 20 heavy (non-hydrogen) atoms. The molecular weight excluding hydrogens is 314 g/mol. The van der Waals surface area contributed by atoms with E-state index in [0.717, 1.165) is 10.0 Å². The van der Waals surface area contributed by atoms with Gasteiger partial charge in [-0.3, -0.25) is 4.79 Å². The van der Waals surface area contributed by atoms with Crippen LogP contribution in [0.25, 0.3) is 0 Å². The van der Waals surface area contributed by atoms with E-state index in [1.54, 1.807) is 0 Å². The quantitative estimate of drug-likeness (QED) is 0.889. The second-order valence-corrected chi connectivity index (χ2v) is 5.95. The summed E-state index contributed by atoms with van der Waals surface area (Å²) in [7, 11) is 0. The molecule has 0 aliphatic carbocycles. The lowest BCUT2D eigenvalue weighted by atomic mass is 10.0. The van der Waals surface area contributed by atoms with Crippen molar-refractivity contribution in [2.24, 2.45) is 0 Å². The number of nitrogens with one attached hydrogen (secondary N) is 1. The summed E-state index contributed by atoms with van der Waals surface area (Å²) in [6, 6.07) is 15.9. The van der Waals surface area contributed by atoms with Gasteiger partial charge < -0.3 is 5.32 Å². The lowest BCUT2D eigenvalue weighted by Gasteiger charge is -2.13. The lowest BCUT2D eigenvalue weighted by molar-refractivity contribution is 0.0951. The van der Waals surface area contributed by atoms with E-state index in [-0.39, 0.29) is 5.91 Å². The summed E-state index contributed by atoms with van der Waals surface area (Å²) >= 11 is 3.42. The van der Waals surface area contributed by atoms with Crippen LogP contribution in [0, 0.1) is 6.92 Å². The van der Waals surface area contributed by atoms with Gasteiger partial charge in [0.2, 0.25) is 0 Å². The van der Waals surface area contributed by atoms with Crippen LogP contribution in [-0.2, 0) is 0 Å². The molecule has 2 aromatic rings. The Morgan fingerprint density at radius 1 is 1.20 bits per heavy atom. The Morgan fingerprint density at radius 2 is 1.90 bits per heavy atom. The van der Waals surface area contributed by atoms with E-state index in [1.165, 1.54) is 5.56 Å². The molecule has 2 nitrogen and oxygen atoms in total. The zero-order valence-electron chi connectivity index (χ0n) is 11.7. The predicted octanol–water partition coefficient (Wildman–Crippen LogP) is 4.29. The van der Waals surface area contributed by atoms with Crippen LogP contribution < -0.4 is 5.32 Å². The van der Waals surface area contributed by atoms with E-state index in [4.69, 9.17) is 0 Å². The fourth-order valence-corrected chi connectivity index (χ4v) is 2.72. The van der Waals surface area contributed by atoms with Crippen LogP contribution in [-0.4, -0.2) is 12.5 Å². The minimum atomic E-state index is -0.0304. The molecular formula is C17H18BrNO. The molecule has 2 rings (SSSR count). The van der Waals surface area contributed by atoms with Gasteiger partial charge in [0.1, 0.15) is 0 Å². The first-order valence-corrected chi connectivity index (χ1v) is 7.46. The SMILES string of the molecule is Cc1cc(Br)cc(C(=O)NCC(C)c2ccccc2)c1. The van der Waals surface area contributed by atoms with Crippen LogP contribution in [0.2, 0.25) is 0 Å². The maximum atomic E-state index is 12.2. The molecule has 1 amide bonds. The van der Waals surface area contributed by atoms with Gasteiger partial charge in [-0.05, 0) is 42.2 Å². The first-order valence-electron chi connectivity index (χ1n) is 6.66. The second-order valence-electron chi connectivity index (χ2n) is 5.04. The van der Waals surface area contributed by atoms with Crippen LogP contribution in [0.3, 0.4) is 0 Å². The van der Waals surface area contributed by atoms with Crippen molar-refractivity contribution < 1.29 is 4.79 Å². The Bertz CT molecular complexity index is 575. The Kier molecular flexibility index (Phi) is 4.96. The molecule has 1 unspecified atom stereocenters. The number of amides is 1. The van der Waals surface area contributed by atoms with E-state index in [9.17, 15) is 4.79 Å². The third-order valence-electron chi connectivity index (χ3n) is 3.24. The largest absolute Gasteiger partial charge is 0.351 e. The van der Waals surface area contributed by atoms with Crippen molar-refractivity contribution >= 4 is 21.8 Å². The van der Waals surface area contributed by atoms with Crippen molar-refractivity contribution in [2.75, 3.05) is 6.54 Å². The van der Waals surface area contributed by atoms with Gasteiger partial charge in [0.15, 0.2) is 0 Å². The van der Waals surface area contributed by atoms with Crippen molar-refractivity contribution in [3.05, 3.63) is 69.7 Å². The summed E-state index contributed by atoms with van der Waals surface area (Å²) in [6.45, 7) is 4.73. The first-order chi connectivity index (χ1) is 9.56. The van der Waals surface area contributed by atoms with Crippen molar-refractivity contribution in [3.63, 3.8) is 0 Å². The number of rotatable bonds is 4. The van der Waals surface area contributed by atoms with E-state index < -0.39 is 0 Å². The highest BCUT2D eigenvalue weighted by Gasteiger charge is 2.10. The van der Waals surface area contributed by atoms with Crippen LogP contribution in [0.15, 0.2) is 53.0 Å². The van der Waals surface area contributed by atoms with Gasteiger partial charge in [-0.15, -0.1) is 0 Å². The topological polar surface area (TPSA) is 29.1 Å². The van der Waals surface area contributed by atoms with E-state index in [1.807, 2.05) is 43.3 Å². The van der Waals surface area contributed by atoms with Crippen LogP contribution in [0.4, 0.5) is 0 Å². The summed E-state index contributed by atoms with van der Waals surface area (Å²) in [5.74, 6) is 0.269. The Hall–Kier alpha value is -1.61. The lowest BCUT2D eigenvalue weighted by Crippen LogP contribution is -2.27.